The molecule has 0 spiro atoms. The maximum absolute atomic E-state index is 13.0. The Morgan fingerprint density at radius 1 is 0.758 bits per heavy atom. The van der Waals surface area contributed by atoms with E-state index in [1.165, 1.54) is 128 Å². The number of ether oxygens (including phenoxy) is 2. The quantitative estimate of drug-likeness (QED) is 0.0410. The highest BCUT2D eigenvalue weighted by molar-refractivity contribution is 5.82. The van der Waals surface area contributed by atoms with Crippen molar-refractivity contribution in [1.29, 1.82) is 0 Å². The number of benzene rings is 2. The molecule has 0 N–H and O–H groups in total. The number of rotatable bonds is 26. The predicted octanol–water partition coefficient (Wildman–Crippen LogP) is 16.8. The SMILES string of the molecule is CCCCCCCCCCCCc1ccc(N=Cc2ccc(OCCCCCC(=O)O[C@H]3CC[C@@]4(C)C(=CC[C@H]5[C@@H]6CC[C@H]([C@H](C)CCCC(C)C)[C@@]6(C)CC[C@@H]54)C3)cc2)cc1. The Hall–Kier alpha value is -2.88. The molecule has 0 aliphatic heterocycles. The molecule has 2 aromatic rings. The van der Waals surface area contributed by atoms with E-state index in [0.29, 0.717) is 23.9 Å². The van der Waals surface area contributed by atoms with Crippen LogP contribution in [-0.4, -0.2) is 24.9 Å². The van der Waals surface area contributed by atoms with Gasteiger partial charge in [0.05, 0.1) is 12.3 Å². The summed E-state index contributed by atoms with van der Waals surface area (Å²) >= 11 is 0. The van der Waals surface area contributed by atoms with Crippen molar-refractivity contribution in [2.45, 2.75) is 215 Å². The Labute approximate surface area is 380 Å². The van der Waals surface area contributed by atoms with Gasteiger partial charge in [0.2, 0.25) is 0 Å². The largest absolute Gasteiger partial charge is 0.494 e. The van der Waals surface area contributed by atoms with Crippen molar-refractivity contribution in [2.24, 2.45) is 51.3 Å². The van der Waals surface area contributed by atoms with Crippen molar-refractivity contribution in [3.63, 3.8) is 0 Å². The Bertz CT molecular complexity index is 1670. The highest BCUT2D eigenvalue weighted by atomic mass is 16.5. The van der Waals surface area contributed by atoms with Gasteiger partial charge in [0.15, 0.2) is 0 Å². The first-order valence-corrected chi connectivity index (χ1v) is 26.3. The van der Waals surface area contributed by atoms with E-state index < -0.39 is 0 Å². The molecular formula is C58H89NO3. The second-order valence-electron chi connectivity index (χ2n) is 21.7. The minimum absolute atomic E-state index is 0.0145. The number of aliphatic imine (C=N–C) groups is 1. The molecule has 6 rings (SSSR count). The van der Waals surface area contributed by atoms with Crippen LogP contribution in [0.5, 0.6) is 5.75 Å². The lowest BCUT2D eigenvalue weighted by Gasteiger charge is -2.58. The molecule has 0 saturated heterocycles. The molecule has 0 radical (unpaired) electrons. The van der Waals surface area contributed by atoms with Crippen molar-refractivity contribution >= 4 is 17.9 Å². The number of nitrogens with zero attached hydrogens (tertiary/aromatic N) is 1. The third kappa shape index (κ3) is 13.6. The van der Waals surface area contributed by atoms with Gasteiger partial charge in [-0.1, -0.05) is 142 Å². The van der Waals surface area contributed by atoms with Gasteiger partial charge in [-0.2, -0.15) is 0 Å². The lowest BCUT2D eigenvalue weighted by Crippen LogP contribution is -2.51. The van der Waals surface area contributed by atoms with Gasteiger partial charge in [-0.3, -0.25) is 9.79 Å². The zero-order chi connectivity index (χ0) is 43.8. The Balaban J connectivity index is 0.824. The van der Waals surface area contributed by atoms with E-state index in [2.05, 4.69) is 84.0 Å². The van der Waals surface area contributed by atoms with Crippen LogP contribution >= 0.6 is 0 Å². The van der Waals surface area contributed by atoms with E-state index in [1.54, 1.807) is 5.57 Å². The highest BCUT2D eigenvalue weighted by Gasteiger charge is 2.59. The predicted molar refractivity (Wildman–Crippen MR) is 263 cm³/mol. The number of carbonyl (C=O) groups excluding carboxylic acids is 1. The molecule has 0 aromatic heterocycles. The first-order valence-electron chi connectivity index (χ1n) is 26.3. The average Bonchev–Trinajstić information content (AvgIpc) is 3.63. The topological polar surface area (TPSA) is 47.9 Å². The van der Waals surface area contributed by atoms with Gasteiger partial charge in [-0.05, 0) is 171 Å². The number of fused-ring (bicyclic) bond motifs is 5. The molecule has 4 aliphatic rings. The molecule has 3 fully saturated rings. The van der Waals surface area contributed by atoms with Crippen LogP contribution < -0.4 is 4.74 Å². The summed E-state index contributed by atoms with van der Waals surface area (Å²) < 4.78 is 12.2. The number of hydrogen-bond donors (Lipinski definition) is 0. The number of esters is 1. The number of unbranched alkanes of at least 4 members (excludes halogenated alkanes) is 11. The zero-order valence-corrected chi connectivity index (χ0v) is 40.6. The molecule has 0 unspecified atom stereocenters. The van der Waals surface area contributed by atoms with Crippen molar-refractivity contribution < 1.29 is 14.3 Å². The van der Waals surface area contributed by atoms with E-state index in [9.17, 15) is 4.79 Å². The maximum atomic E-state index is 13.0. The van der Waals surface area contributed by atoms with Crippen LogP contribution in [0.25, 0.3) is 0 Å². The normalized spacial score (nSPS) is 27.4. The molecule has 344 valence electrons. The highest BCUT2D eigenvalue weighted by Crippen LogP contribution is 2.67. The maximum Gasteiger partial charge on any atom is 0.306 e. The summed E-state index contributed by atoms with van der Waals surface area (Å²) in [4.78, 5) is 17.7. The fraction of sp³-hybridized carbons (Fsp3) is 0.724. The molecule has 62 heavy (non-hydrogen) atoms. The fourth-order valence-corrected chi connectivity index (χ4v) is 13.1. The van der Waals surface area contributed by atoms with Crippen LogP contribution in [-0.2, 0) is 16.0 Å². The molecule has 3 saturated carbocycles. The van der Waals surface area contributed by atoms with Gasteiger partial charge in [-0.25, -0.2) is 0 Å². The first-order chi connectivity index (χ1) is 30.1. The van der Waals surface area contributed by atoms with Gasteiger partial charge >= 0.3 is 5.97 Å². The lowest BCUT2D eigenvalue weighted by atomic mass is 9.47. The molecule has 4 aliphatic carbocycles. The van der Waals surface area contributed by atoms with E-state index in [4.69, 9.17) is 14.5 Å². The second-order valence-corrected chi connectivity index (χ2v) is 21.7. The van der Waals surface area contributed by atoms with Crippen LogP contribution in [0.3, 0.4) is 0 Å². The van der Waals surface area contributed by atoms with E-state index in [0.717, 1.165) is 91.0 Å². The summed E-state index contributed by atoms with van der Waals surface area (Å²) in [6.07, 6.45) is 37.1. The molecule has 0 bridgehead atoms. The lowest BCUT2D eigenvalue weighted by molar-refractivity contribution is -0.151. The van der Waals surface area contributed by atoms with Crippen LogP contribution in [0.1, 0.15) is 213 Å². The van der Waals surface area contributed by atoms with Crippen molar-refractivity contribution in [3.05, 3.63) is 71.3 Å². The second kappa shape index (κ2) is 24.4. The Morgan fingerprint density at radius 3 is 2.19 bits per heavy atom. The first kappa shape index (κ1) is 48.6. The minimum Gasteiger partial charge on any atom is -0.494 e. The van der Waals surface area contributed by atoms with Gasteiger partial charge in [0, 0.05) is 19.1 Å². The minimum atomic E-state index is -0.0145. The number of carbonyl (C=O) groups is 1. The molecule has 4 nitrogen and oxygen atoms in total. The molecular weight excluding hydrogens is 759 g/mol. The average molecular weight is 848 g/mol. The standard InChI is InChI=1S/C58H89NO3/c1-7-8-9-10-11-12-13-14-15-17-23-46-25-30-49(31-26-46)59-43-47-27-32-50(33-28-47)61-41-19-16-18-24-56(60)62-51-37-39-57(5)48(42-51)29-34-52-54-36-35-53(45(4)22-20-21-44(2)3)58(54,6)40-38-55(52)57/h25-33,43-45,51-55H,7-24,34-42H2,1-6H3/t45-,51+,52+,53-,54+,55+,57+,58-/m1/s1. The van der Waals surface area contributed by atoms with Gasteiger partial charge in [-0.15, -0.1) is 0 Å². The third-order valence-electron chi connectivity index (χ3n) is 16.9. The van der Waals surface area contributed by atoms with Gasteiger partial charge in [0.25, 0.3) is 0 Å². The molecule has 8 atom stereocenters. The van der Waals surface area contributed by atoms with Gasteiger partial charge < -0.3 is 9.47 Å². The van der Waals surface area contributed by atoms with E-state index in [1.807, 2.05) is 18.3 Å². The van der Waals surface area contributed by atoms with Crippen LogP contribution in [0.15, 0.2) is 65.2 Å². The van der Waals surface area contributed by atoms with Crippen molar-refractivity contribution in [3.8, 4) is 5.75 Å². The van der Waals surface area contributed by atoms with Crippen LogP contribution in [0, 0.1) is 46.3 Å². The monoisotopic (exact) mass is 848 g/mol. The third-order valence-corrected chi connectivity index (χ3v) is 16.9. The molecule has 0 amide bonds. The van der Waals surface area contributed by atoms with Crippen LogP contribution in [0.2, 0.25) is 0 Å². The summed E-state index contributed by atoms with van der Waals surface area (Å²) in [5.74, 6) is 5.98. The number of aryl methyl sites for hydroxylation is 1. The van der Waals surface area contributed by atoms with E-state index in [-0.39, 0.29) is 12.1 Å². The van der Waals surface area contributed by atoms with Crippen LogP contribution in [0.4, 0.5) is 5.69 Å². The van der Waals surface area contributed by atoms with E-state index >= 15 is 0 Å². The molecule has 2 aromatic carbocycles. The zero-order valence-electron chi connectivity index (χ0n) is 40.6. The smallest absolute Gasteiger partial charge is 0.306 e. The summed E-state index contributed by atoms with van der Waals surface area (Å²) in [6.45, 7) is 15.6. The summed E-state index contributed by atoms with van der Waals surface area (Å²) in [6, 6.07) is 16.9. The number of allylic oxidation sites excluding steroid dienone is 1. The summed E-state index contributed by atoms with van der Waals surface area (Å²) in [5.41, 5.74) is 5.89. The number of hydrogen-bond acceptors (Lipinski definition) is 4. The van der Waals surface area contributed by atoms with Crippen molar-refractivity contribution in [1.82, 2.24) is 0 Å². The fourth-order valence-electron chi connectivity index (χ4n) is 13.1. The van der Waals surface area contributed by atoms with Gasteiger partial charge in [0.1, 0.15) is 11.9 Å². The summed E-state index contributed by atoms with van der Waals surface area (Å²) in [5, 5.41) is 0. The summed E-state index contributed by atoms with van der Waals surface area (Å²) in [7, 11) is 0. The molecule has 0 heterocycles. The Kier molecular flexibility index (Phi) is 19.1. The Morgan fingerprint density at radius 2 is 1.47 bits per heavy atom. The van der Waals surface area contributed by atoms with Crippen molar-refractivity contribution in [2.75, 3.05) is 6.61 Å². The molecule has 4 heteroatoms.